The highest BCUT2D eigenvalue weighted by molar-refractivity contribution is 5.23. The number of hydrogen-bond acceptors (Lipinski definition) is 1. The normalized spacial score (nSPS) is 24.0. The summed E-state index contributed by atoms with van der Waals surface area (Å²) in [6.45, 7) is 5.08. The molecule has 1 aromatic rings. The van der Waals surface area contributed by atoms with Crippen LogP contribution >= 0.6 is 0 Å². The molecule has 2 rings (SSSR count). The summed E-state index contributed by atoms with van der Waals surface area (Å²) in [5.74, 6) is 0.374. The minimum atomic E-state index is -0.502. The molecule has 21 heavy (non-hydrogen) atoms. The molecule has 0 spiro atoms. The maximum absolute atomic E-state index is 14.1. The van der Waals surface area contributed by atoms with Crippen LogP contribution in [-0.4, -0.2) is 6.54 Å². The Kier molecular flexibility index (Phi) is 6.16. The van der Waals surface area contributed by atoms with E-state index < -0.39 is 11.6 Å². The van der Waals surface area contributed by atoms with Crippen molar-refractivity contribution in [3.8, 4) is 0 Å². The molecule has 1 atom stereocenters. The predicted molar refractivity (Wildman–Crippen MR) is 83.1 cm³/mol. The molecule has 1 fully saturated rings. The molecule has 1 aromatic carbocycles. The standard InChI is InChI=1S/C18H27F2N/c1-3-5-13-6-8-14(9-7-13)18(21-4-2)16-11-10-15(19)12-17(16)20/h10-14,18,21H,3-9H2,1-2H3. The maximum Gasteiger partial charge on any atom is 0.130 e. The van der Waals surface area contributed by atoms with E-state index in [2.05, 4.69) is 12.2 Å². The molecule has 1 saturated carbocycles. The van der Waals surface area contributed by atoms with E-state index in [1.807, 2.05) is 6.92 Å². The Morgan fingerprint density at radius 2 is 1.86 bits per heavy atom. The minimum absolute atomic E-state index is 0.0122. The zero-order valence-corrected chi connectivity index (χ0v) is 13.2. The van der Waals surface area contributed by atoms with Crippen molar-refractivity contribution in [3.63, 3.8) is 0 Å². The van der Waals surface area contributed by atoms with Gasteiger partial charge >= 0.3 is 0 Å². The largest absolute Gasteiger partial charge is 0.310 e. The molecule has 118 valence electrons. The molecule has 0 aliphatic heterocycles. The molecule has 1 aliphatic rings. The molecular formula is C18H27F2N. The Bertz CT molecular complexity index is 439. The van der Waals surface area contributed by atoms with Gasteiger partial charge in [-0.25, -0.2) is 8.78 Å². The average molecular weight is 295 g/mol. The molecule has 0 aromatic heterocycles. The summed E-state index contributed by atoms with van der Waals surface area (Å²) >= 11 is 0. The SMILES string of the molecule is CCCC1CCC(C(NCC)c2ccc(F)cc2F)CC1. The summed E-state index contributed by atoms with van der Waals surface area (Å²) in [4.78, 5) is 0. The van der Waals surface area contributed by atoms with E-state index in [9.17, 15) is 8.78 Å². The summed E-state index contributed by atoms with van der Waals surface area (Å²) in [7, 11) is 0. The van der Waals surface area contributed by atoms with Crippen LogP contribution in [0.1, 0.15) is 64.0 Å². The Hall–Kier alpha value is -0.960. The first kappa shape index (κ1) is 16.4. The van der Waals surface area contributed by atoms with Gasteiger partial charge in [-0.3, -0.25) is 0 Å². The predicted octanol–water partition coefficient (Wildman–Crippen LogP) is 5.22. The Labute approximate surface area is 127 Å². The molecule has 0 amide bonds. The lowest BCUT2D eigenvalue weighted by Gasteiger charge is -2.34. The topological polar surface area (TPSA) is 12.0 Å². The Morgan fingerprint density at radius 3 is 2.43 bits per heavy atom. The first-order chi connectivity index (χ1) is 10.2. The summed E-state index contributed by atoms with van der Waals surface area (Å²) in [5, 5.41) is 3.41. The third-order valence-corrected chi connectivity index (χ3v) is 4.78. The third kappa shape index (κ3) is 4.26. The summed E-state index contributed by atoms with van der Waals surface area (Å²) in [5.41, 5.74) is 0.622. The summed E-state index contributed by atoms with van der Waals surface area (Å²) in [6, 6.07) is 3.99. The number of benzene rings is 1. The highest BCUT2D eigenvalue weighted by Crippen LogP contribution is 2.39. The second-order valence-electron chi connectivity index (χ2n) is 6.27. The van der Waals surface area contributed by atoms with E-state index in [0.717, 1.165) is 31.4 Å². The van der Waals surface area contributed by atoms with Crippen LogP contribution in [0.15, 0.2) is 18.2 Å². The van der Waals surface area contributed by atoms with Gasteiger partial charge in [0.15, 0.2) is 0 Å². The van der Waals surface area contributed by atoms with Crippen LogP contribution in [0.4, 0.5) is 8.78 Å². The van der Waals surface area contributed by atoms with E-state index in [4.69, 9.17) is 0 Å². The summed E-state index contributed by atoms with van der Waals surface area (Å²) in [6.07, 6.45) is 7.31. The number of rotatable bonds is 6. The Balaban J connectivity index is 2.09. The summed E-state index contributed by atoms with van der Waals surface area (Å²) < 4.78 is 27.2. The van der Waals surface area contributed by atoms with Gasteiger partial charge in [-0.1, -0.05) is 45.6 Å². The van der Waals surface area contributed by atoms with Crippen LogP contribution in [0, 0.1) is 23.5 Å². The molecular weight excluding hydrogens is 268 g/mol. The fourth-order valence-corrected chi connectivity index (χ4v) is 3.72. The highest BCUT2D eigenvalue weighted by atomic mass is 19.1. The van der Waals surface area contributed by atoms with Crippen molar-refractivity contribution in [3.05, 3.63) is 35.4 Å². The maximum atomic E-state index is 14.1. The quantitative estimate of drug-likeness (QED) is 0.758. The zero-order valence-electron chi connectivity index (χ0n) is 13.2. The third-order valence-electron chi connectivity index (χ3n) is 4.78. The van der Waals surface area contributed by atoms with Crippen LogP contribution in [-0.2, 0) is 0 Å². The van der Waals surface area contributed by atoms with E-state index >= 15 is 0 Å². The van der Waals surface area contributed by atoms with Crippen molar-refractivity contribution < 1.29 is 8.78 Å². The lowest BCUT2D eigenvalue weighted by Crippen LogP contribution is -2.31. The van der Waals surface area contributed by atoms with Gasteiger partial charge in [0, 0.05) is 17.7 Å². The van der Waals surface area contributed by atoms with Crippen molar-refractivity contribution in [2.75, 3.05) is 6.54 Å². The van der Waals surface area contributed by atoms with Crippen molar-refractivity contribution in [2.24, 2.45) is 11.8 Å². The molecule has 1 unspecified atom stereocenters. The molecule has 1 nitrogen and oxygen atoms in total. The van der Waals surface area contributed by atoms with Crippen LogP contribution < -0.4 is 5.32 Å². The molecule has 0 radical (unpaired) electrons. The molecule has 0 bridgehead atoms. The van der Waals surface area contributed by atoms with Gasteiger partial charge in [-0.05, 0) is 37.3 Å². The highest BCUT2D eigenvalue weighted by Gasteiger charge is 2.29. The smallest absolute Gasteiger partial charge is 0.130 e. The fraction of sp³-hybridized carbons (Fsp3) is 0.667. The fourth-order valence-electron chi connectivity index (χ4n) is 3.72. The first-order valence-electron chi connectivity index (χ1n) is 8.34. The van der Waals surface area contributed by atoms with Gasteiger partial charge in [0.05, 0.1) is 0 Å². The molecule has 0 heterocycles. The van der Waals surface area contributed by atoms with Crippen LogP contribution in [0.3, 0.4) is 0 Å². The number of hydrogen-bond donors (Lipinski definition) is 1. The van der Waals surface area contributed by atoms with E-state index in [0.29, 0.717) is 11.5 Å². The second-order valence-corrected chi connectivity index (χ2v) is 6.27. The van der Waals surface area contributed by atoms with Crippen LogP contribution in [0.2, 0.25) is 0 Å². The minimum Gasteiger partial charge on any atom is -0.310 e. The van der Waals surface area contributed by atoms with Crippen LogP contribution in [0.25, 0.3) is 0 Å². The van der Waals surface area contributed by atoms with Crippen molar-refractivity contribution in [1.29, 1.82) is 0 Å². The lowest BCUT2D eigenvalue weighted by atomic mass is 9.75. The van der Waals surface area contributed by atoms with Crippen LogP contribution in [0.5, 0.6) is 0 Å². The van der Waals surface area contributed by atoms with Crippen molar-refractivity contribution in [2.45, 2.75) is 58.4 Å². The average Bonchev–Trinajstić information content (AvgIpc) is 2.47. The van der Waals surface area contributed by atoms with E-state index in [1.165, 1.54) is 31.7 Å². The molecule has 0 saturated heterocycles. The van der Waals surface area contributed by atoms with Gasteiger partial charge in [0.2, 0.25) is 0 Å². The van der Waals surface area contributed by atoms with E-state index in [1.54, 1.807) is 6.07 Å². The van der Waals surface area contributed by atoms with Gasteiger partial charge in [0.1, 0.15) is 11.6 Å². The first-order valence-corrected chi connectivity index (χ1v) is 8.34. The van der Waals surface area contributed by atoms with E-state index in [-0.39, 0.29) is 6.04 Å². The van der Waals surface area contributed by atoms with Crippen molar-refractivity contribution in [1.82, 2.24) is 5.32 Å². The molecule has 1 N–H and O–H groups in total. The monoisotopic (exact) mass is 295 g/mol. The Morgan fingerprint density at radius 1 is 1.14 bits per heavy atom. The van der Waals surface area contributed by atoms with Gasteiger partial charge in [0.25, 0.3) is 0 Å². The lowest BCUT2D eigenvalue weighted by molar-refractivity contribution is 0.213. The number of halogens is 2. The number of nitrogens with one attached hydrogen (secondary N) is 1. The van der Waals surface area contributed by atoms with Gasteiger partial charge < -0.3 is 5.32 Å². The zero-order chi connectivity index (χ0) is 15.2. The van der Waals surface area contributed by atoms with Gasteiger partial charge in [-0.15, -0.1) is 0 Å². The van der Waals surface area contributed by atoms with Gasteiger partial charge in [-0.2, -0.15) is 0 Å². The van der Waals surface area contributed by atoms with Crippen molar-refractivity contribution >= 4 is 0 Å². The molecule has 3 heteroatoms. The second kappa shape index (κ2) is 7.88. The molecule has 1 aliphatic carbocycles.